The van der Waals surface area contributed by atoms with E-state index in [9.17, 15) is 0 Å². The lowest BCUT2D eigenvalue weighted by molar-refractivity contribution is -0.660. The van der Waals surface area contributed by atoms with Crippen LogP contribution in [0.5, 0.6) is 0 Å². The van der Waals surface area contributed by atoms with Gasteiger partial charge >= 0.3 is 0 Å². The maximum atomic E-state index is 6.15. The molecule has 0 saturated carbocycles. The summed E-state index contributed by atoms with van der Waals surface area (Å²) in [5, 5.41) is 2.19. The molecule has 3 heterocycles. The first-order valence-corrected chi connectivity index (χ1v) is 8.33. The molecule has 0 aliphatic rings. The Hall–Kier alpha value is -2.68. The Bertz CT molecular complexity index is 1060. The van der Waals surface area contributed by atoms with Gasteiger partial charge in [-0.1, -0.05) is 26.0 Å². The van der Waals surface area contributed by atoms with Gasteiger partial charge in [0.2, 0.25) is 11.4 Å². The molecule has 3 nitrogen and oxygen atoms in total. The number of furan rings is 1. The van der Waals surface area contributed by atoms with Gasteiger partial charge in [0.25, 0.3) is 0 Å². The lowest BCUT2D eigenvalue weighted by Gasteiger charge is -2.09. The van der Waals surface area contributed by atoms with E-state index in [4.69, 9.17) is 4.42 Å². The summed E-state index contributed by atoms with van der Waals surface area (Å²) in [5.41, 5.74) is 6.47. The highest BCUT2D eigenvalue weighted by atomic mass is 16.3. The highest BCUT2D eigenvalue weighted by molar-refractivity contribution is 6.08. The van der Waals surface area contributed by atoms with Crippen molar-refractivity contribution in [2.75, 3.05) is 0 Å². The van der Waals surface area contributed by atoms with E-state index in [1.807, 2.05) is 6.07 Å². The van der Waals surface area contributed by atoms with Gasteiger partial charge < -0.3 is 4.42 Å². The molecular formula is C21H21N2O+. The smallest absolute Gasteiger partial charge is 0.227 e. The van der Waals surface area contributed by atoms with E-state index in [1.165, 1.54) is 16.8 Å². The van der Waals surface area contributed by atoms with E-state index in [1.54, 1.807) is 6.20 Å². The number of rotatable bonds is 2. The minimum Gasteiger partial charge on any atom is -0.437 e. The molecule has 0 unspecified atom stereocenters. The van der Waals surface area contributed by atoms with Crippen LogP contribution in [0.3, 0.4) is 0 Å². The van der Waals surface area contributed by atoms with E-state index >= 15 is 0 Å². The van der Waals surface area contributed by atoms with Gasteiger partial charge in [0.15, 0.2) is 11.8 Å². The first-order valence-electron chi connectivity index (χ1n) is 8.33. The molecule has 3 aromatic heterocycles. The molecule has 0 bridgehead atoms. The Morgan fingerprint density at radius 3 is 2.71 bits per heavy atom. The summed E-state index contributed by atoms with van der Waals surface area (Å²) < 4.78 is 8.31. The molecule has 1 aromatic carbocycles. The van der Waals surface area contributed by atoms with Crippen molar-refractivity contribution in [2.24, 2.45) is 7.05 Å². The highest BCUT2D eigenvalue weighted by Crippen LogP contribution is 2.36. The fraction of sp³-hybridized carbons (Fsp3) is 0.238. The van der Waals surface area contributed by atoms with E-state index in [2.05, 4.69) is 73.9 Å². The van der Waals surface area contributed by atoms with Gasteiger partial charge in [-0.05, 0) is 36.1 Å². The predicted molar refractivity (Wildman–Crippen MR) is 97.0 cm³/mol. The van der Waals surface area contributed by atoms with Gasteiger partial charge in [0, 0.05) is 29.1 Å². The number of aromatic nitrogens is 2. The van der Waals surface area contributed by atoms with Crippen molar-refractivity contribution in [1.29, 1.82) is 0 Å². The van der Waals surface area contributed by atoms with E-state index < -0.39 is 0 Å². The fourth-order valence-corrected chi connectivity index (χ4v) is 3.28. The first kappa shape index (κ1) is 14.9. The molecule has 3 heteroatoms. The first-order chi connectivity index (χ1) is 11.6. The molecule has 0 saturated heterocycles. The summed E-state index contributed by atoms with van der Waals surface area (Å²) in [5.74, 6) is 0.488. The summed E-state index contributed by atoms with van der Waals surface area (Å²) in [6.07, 6.45) is 3.90. The van der Waals surface area contributed by atoms with Gasteiger partial charge in [0.05, 0.1) is 5.56 Å². The Morgan fingerprint density at radius 1 is 1.08 bits per heavy atom. The highest BCUT2D eigenvalue weighted by Gasteiger charge is 2.21. The van der Waals surface area contributed by atoms with Gasteiger partial charge in [0.1, 0.15) is 7.05 Å². The molecule has 4 rings (SSSR count). The minimum absolute atomic E-state index is 0.488. The van der Waals surface area contributed by atoms with Crippen LogP contribution >= 0.6 is 0 Å². The third kappa shape index (κ3) is 2.20. The standard InChI is InChI=1S/C21H21N2O/c1-13(2)15-9-11-23(4)18(12-15)19-14(3)7-8-16-17-6-5-10-22-21(17)24-20(16)19/h5-13H,1-4H3/q+1. The second-order valence-corrected chi connectivity index (χ2v) is 6.70. The second-order valence-electron chi connectivity index (χ2n) is 6.70. The third-order valence-corrected chi connectivity index (χ3v) is 4.72. The molecule has 0 spiro atoms. The number of nitrogens with zero attached hydrogens (tertiary/aromatic N) is 2. The quantitative estimate of drug-likeness (QED) is 0.492. The molecule has 4 aromatic rings. The van der Waals surface area contributed by atoms with E-state index in [0.717, 1.165) is 21.9 Å². The lowest BCUT2D eigenvalue weighted by Crippen LogP contribution is -2.31. The number of hydrogen-bond acceptors (Lipinski definition) is 2. The van der Waals surface area contributed by atoms with Crippen molar-refractivity contribution in [1.82, 2.24) is 4.98 Å². The zero-order valence-corrected chi connectivity index (χ0v) is 14.5. The number of aryl methyl sites for hydroxylation is 2. The fourth-order valence-electron chi connectivity index (χ4n) is 3.28. The van der Waals surface area contributed by atoms with Crippen LogP contribution in [0.4, 0.5) is 0 Å². The molecule has 0 aliphatic heterocycles. The van der Waals surface area contributed by atoms with Crippen LogP contribution in [0, 0.1) is 6.92 Å². The summed E-state index contributed by atoms with van der Waals surface area (Å²) in [6.45, 7) is 6.58. The molecule has 0 aliphatic carbocycles. The van der Waals surface area contributed by atoms with Crippen LogP contribution in [-0.2, 0) is 7.05 Å². The van der Waals surface area contributed by atoms with Gasteiger partial charge in [-0.15, -0.1) is 0 Å². The van der Waals surface area contributed by atoms with Crippen molar-refractivity contribution >= 4 is 22.1 Å². The molecule has 0 amide bonds. The van der Waals surface area contributed by atoms with Gasteiger partial charge in [-0.2, -0.15) is 0 Å². The topological polar surface area (TPSA) is 29.9 Å². The number of benzene rings is 1. The maximum Gasteiger partial charge on any atom is 0.227 e. The van der Waals surface area contributed by atoms with Crippen LogP contribution < -0.4 is 4.57 Å². The van der Waals surface area contributed by atoms with Crippen molar-refractivity contribution in [3.8, 4) is 11.3 Å². The van der Waals surface area contributed by atoms with E-state index in [0.29, 0.717) is 11.6 Å². The zero-order valence-electron chi connectivity index (χ0n) is 14.5. The maximum absolute atomic E-state index is 6.15. The second kappa shape index (κ2) is 5.45. The molecular weight excluding hydrogens is 296 g/mol. The number of fused-ring (bicyclic) bond motifs is 3. The zero-order chi connectivity index (χ0) is 16.8. The van der Waals surface area contributed by atoms with Crippen LogP contribution in [0.15, 0.2) is 53.2 Å². The summed E-state index contributed by atoms with van der Waals surface area (Å²) in [6, 6.07) is 12.8. The average molecular weight is 317 g/mol. The average Bonchev–Trinajstić information content (AvgIpc) is 2.94. The lowest BCUT2D eigenvalue weighted by atomic mass is 9.97. The Labute approximate surface area is 141 Å². The largest absolute Gasteiger partial charge is 0.437 e. The predicted octanol–water partition coefficient (Wildman–Crippen LogP) is 4.90. The van der Waals surface area contributed by atoms with Gasteiger partial charge in [-0.25, -0.2) is 9.55 Å². The minimum atomic E-state index is 0.488. The Morgan fingerprint density at radius 2 is 1.92 bits per heavy atom. The monoisotopic (exact) mass is 317 g/mol. The third-order valence-electron chi connectivity index (χ3n) is 4.72. The Kier molecular flexibility index (Phi) is 3.38. The van der Waals surface area contributed by atoms with Crippen LogP contribution in [0.2, 0.25) is 0 Å². The molecule has 24 heavy (non-hydrogen) atoms. The summed E-state index contributed by atoms with van der Waals surface area (Å²) in [7, 11) is 2.08. The number of pyridine rings is 2. The number of hydrogen-bond donors (Lipinski definition) is 0. The SMILES string of the molecule is Cc1ccc2c(oc3ncccc32)c1-c1cc(C(C)C)cc[n+]1C. The van der Waals surface area contributed by atoms with Crippen LogP contribution in [0.1, 0.15) is 30.9 Å². The van der Waals surface area contributed by atoms with Crippen molar-refractivity contribution in [3.05, 3.63) is 59.9 Å². The Balaban J connectivity index is 2.10. The summed E-state index contributed by atoms with van der Waals surface area (Å²) in [4.78, 5) is 4.38. The molecule has 120 valence electrons. The molecule has 0 N–H and O–H groups in total. The molecule has 0 fully saturated rings. The van der Waals surface area contributed by atoms with Crippen molar-refractivity contribution < 1.29 is 8.98 Å². The normalized spacial score (nSPS) is 11.7. The molecule has 0 radical (unpaired) electrons. The summed E-state index contributed by atoms with van der Waals surface area (Å²) >= 11 is 0. The van der Waals surface area contributed by atoms with Crippen molar-refractivity contribution in [3.63, 3.8) is 0 Å². The van der Waals surface area contributed by atoms with E-state index in [-0.39, 0.29) is 0 Å². The van der Waals surface area contributed by atoms with Gasteiger partial charge in [-0.3, -0.25) is 0 Å². The van der Waals surface area contributed by atoms with Crippen LogP contribution in [-0.4, -0.2) is 4.98 Å². The van der Waals surface area contributed by atoms with Crippen molar-refractivity contribution in [2.45, 2.75) is 26.7 Å². The van der Waals surface area contributed by atoms with Crippen LogP contribution in [0.25, 0.3) is 33.3 Å². The molecule has 0 atom stereocenters.